The molecular weight excluding hydrogens is 463 g/mol. The Morgan fingerprint density at radius 2 is 1.89 bits per heavy atom. The number of carbonyl (C=O) groups is 3. The summed E-state index contributed by atoms with van der Waals surface area (Å²) in [5.41, 5.74) is -3.88. The number of ether oxygens (including phenoxy) is 1. The Balaban J connectivity index is 1.58. The summed E-state index contributed by atoms with van der Waals surface area (Å²) >= 11 is 0. The van der Waals surface area contributed by atoms with Crippen LogP contribution in [0.1, 0.15) is 75.6 Å². The number of hydrogen-bond donors (Lipinski definition) is 2. The van der Waals surface area contributed by atoms with Crippen molar-refractivity contribution >= 4 is 23.4 Å². The van der Waals surface area contributed by atoms with Gasteiger partial charge in [-0.05, 0) is 32.4 Å². The van der Waals surface area contributed by atoms with Gasteiger partial charge in [-0.2, -0.15) is 0 Å². The van der Waals surface area contributed by atoms with Crippen LogP contribution in [-0.4, -0.2) is 58.7 Å². The lowest BCUT2D eigenvalue weighted by Crippen LogP contribution is -2.52. The van der Waals surface area contributed by atoms with E-state index in [1.54, 1.807) is 5.32 Å². The van der Waals surface area contributed by atoms with Gasteiger partial charge in [0, 0.05) is 80.5 Å². The number of nitrogens with one attached hydrogen (secondary N) is 2. The predicted octanol–water partition coefficient (Wildman–Crippen LogP) is 2.81. The molecule has 3 heterocycles. The summed E-state index contributed by atoms with van der Waals surface area (Å²) < 4.78 is 157. The van der Waals surface area contributed by atoms with Crippen molar-refractivity contribution in [3.05, 3.63) is 64.5 Å². The Morgan fingerprint density at radius 1 is 1.17 bits per heavy atom. The van der Waals surface area contributed by atoms with E-state index in [1.165, 1.54) is 0 Å². The molecule has 0 radical (unpaired) electrons. The number of fused-ring (bicyclic) bond motifs is 1. The van der Waals surface area contributed by atoms with Crippen molar-refractivity contribution in [1.82, 2.24) is 15.1 Å². The van der Waals surface area contributed by atoms with E-state index in [2.05, 4.69) is 5.32 Å². The molecule has 0 aromatic heterocycles. The summed E-state index contributed by atoms with van der Waals surface area (Å²) in [5, 5.41) is 3.83. The van der Waals surface area contributed by atoms with Gasteiger partial charge in [-0.25, -0.2) is 4.39 Å². The Morgan fingerprint density at radius 3 is 2.67 bits per heavy atom. The molecule has 2 N–H and O–H groups in total. The predicted molar refractivity (Wildman–Crippen MR) is 131 cm³/mol. The molecule has 3 aliphatic heterocycles. The molecule has 0 saturated carbocycles. The van der Waals surface area contributed by atoms with Crippen LogP contribution in [0.5, 0.6) is 0 Å². The van der Waals surface area contributed by atoms with Crippen LogP contribution in [0.15, 0.2) is 36.4 Å². The Labute approximate surface area is 232 Å². The minimum absolute atomic E-state index is 0.0815. The van der Waals surface area contributed by atoms with E-state index in [-0.39, 0.29) is 9.80 Å². The number of hydrogen-bond acceptors (Lipinski definition) is 6. The Hall–Kier alpha value is -3.30. The number of carbonyl (C=O) groups excluding carboxylic acids is 3. The zero-order chi connectivity index (χ0) is 39.8. The normalized spacial score (nSPS) is 43.0. The van der Waals surface area contributed by atoms with Gasteiger partial charge in [-0.3, -0.25) is 24.6 Å². The molecule has 190 valence electrons. The lowest BCUT2D eigenvalue weighted by atomic mass is 10.0. The highest BCUT2D eigenvalue weighted by Crippen LogP contribution is 2.32. The van der Waals surface area contributed by atoms with Gasteiger partial charge in [-0.15, -0.1) is 0 Å². The summed E-state index contributed by atoms with van der Waals surface area (Å²) in [6, 6.07) is 3.24. The fourth-order valence-electron chi connectivity index (χ4n) is 3.67. The van der Waals surface area contributed by atoms with Crippen molar-refractivity contribution in [2.75, 3.05) is 18.3 Å². The molecule has 2 fully saturated rings. The standard InChI is InChI=1S/C27H31FN4O4/c1-16-12-31(13-17(2)36-16)14-19-6-3-5-18(25(19)28)11-29-22-8-4-7-20-21(22)15-32(27(20)35)23-9-10-24(33)30-26(23)34/h3-8,16-17,23,29H,9-15H2,1-2H3,(H,30,33,34)/i9D2,10D2,11D2,12D2,13D2,14D2,15D2,16D,17D. The van der Waals surface area contributed by atoms with E-state index in [1.807, 2.05) is 0 Å². The molecule has 3 unspecified atom stereocenters. The zero-order valence-electron chi connectivity index (χ0n) is 34.9. The zero-order valence-corrected chi connectivity index (χ0v) is 18.9. The largest absolute Gasteiger partial charge is 0.381 e. The minimum Gasteiger partial charge on any atom is -0.381 e. The number of benzene rings is 2. The summed E-state index contributed by atoms with van der Waals surface area (Å²) in [6.07, 6.45) is -12.4. The van der Waals surface area contributed by atoms with E-state index in [0.717, 1.165) is 50.2 Å². The fraction of sp³-hybridized carbons (Fsp3) is 0.444. The van der Waals surface area contributed by atoms with Crippen molar-refractivity contribution in [2.45, 2.75) is 64.3 Å². The van der Waals surface area contributed by atoms with Gasteiger partial charge in [0.1, 0.15) is 11.9 Å². The van der Waals surface area contributed by atoms with Crippen LogP contribution >= 0.6 is 0 Å². The summed E-state index contributed by atoms with van der Waals surface area (Å²) in [5.74, 6) is -6.21. The number of piperidine rings is 1. The van der Waals surface area contributed by atoms with Crippen LogP contribution < -0.4 is 10.6 Å². The molecule has 0 spiro atoms. The molecule has 0 aliphatic carbocycles. The van der Waals surface area contributed by atoms with Gasteiger partial charge in [0.15, 0.2) is 0 Å². The summed E-state index contributed by atoms with van der Waals surface area (Å²) in [4.78, 5) is 38.5. The van der Waals surface area contributed by atoms with Gasteiger partial charge in [0.2, 0.25) is 11.8 Å². The number of halogens is 1. The Bertz CT molecular complexity index is 1860. The third-order valence-corrected chi connectivity index (χ3v) is 5.22. The van der Waals surface area contributed by atoms with Gasteiger partial charge in [-0.1, -0.05) is 24.3 Å². The first-order valence-electron chi connectivity index (χ1n) is 18.7. The van der Waals surface area contributed by atoms with Crippen molar-refractivity contribution in [2.24, 2.45) is 0 Å². The number of nitrogens with zero attached hydrogens (tertiary/aromatic N) is 2. The first-order valence-corrected chi connectivity index (χ1v) is 10.7. The highest BCUT2D eigenvalue weighted by molar-refractivity contribution is 6.06. The van der Waals surface area contributed by atoms with Crippen LogP contribution in [0.4, 0.5) is 10.1 Å². The topological polar surface area (TPSA) is 91.0 Å². The molecule has 2 aromatic rings. The average molecular weight is 511 g/mol. The van der Waals surface area contributed by atoms with E-state index < -0.39 is 115 Å². The molecule has 0 bridgehead atoms. The second-order valence-electron chi connectivity index (χ2n) is 7.81. The third-order valence-electron chi connectivity index (χ3n) is 5.22. The number of morpholine rings is 1. The molecule has 8 nitrogen and oxygen atoms in total. The maximum absolute atomic E-state index is 16.4. The molecule has 9 heteroatoms. The number of rotatable bonds is 6. The summed E-state index contributed by atoms with van der Waals surface area (Å²) in [6.45, 7) is -15.0. The van der Waals surface area contributed by atoms with Gasteiger partial charge >= 0.3 is 0 Å². The quantitative estimate of drug-likeness (QED) is 0.581. The van der Waals surface area contributed by atoms with Crippen molar-refractivity contribution in [3.63, 3.8) is 0 Å². The molecule has 3 amide bonds. The van der Waals surface area contributed by atoms with E-state index in [4.69, 9.17) is 26.7 Å². The van der Waals surface area contributed by atoms with Gasteiger partial charge < -0.3 is 15.0 Å². The van der Waals surface area contributed by atoms with Crippen molar-refractivity contribution in [1.29, 1.82) is 0 Å². The van der Waals surface area contributed by atoms with Crippen molar-refractivity contribution in [3.8, 4) is 0 Å². The second kappa shape index (κ2) is 9.99. The molecule has 3 aliphatic rings. The highest BCUT2D eigenvalue weighted by atomic mass is 19.1. The molecule has 2 aromatic carbocycles. The monoisotopic (exact) mass is 510 g/mol. The maximum atomic E-state index is 16.4. The number of anilines is 1. The maximum Gasteiger partial charge on any atom is 0.255 e. The van der Waals surface area contributed by atoms with E-state index in [9.17, 15) is 14.4 Å². The lowest BCUT2D eigenvalue weighted by Gasteiger charge is -2.35. The minimum atomic E-state index is -3.54. The molecule has 3 atom stereocenters. The van der Waals surface area contributed by atoms with Crippen LogP contribution in [-0.2, 0) is 33.8 Å². The SMILES string of the molecule is [2H]C([2H])(Nc1cccc2c1C([2H])([2H])N(C1C(=O)NC(=O)C([2H])([2H])C1([2H])[2H])C2=O)c1cccc(C([2H])([2H])N2C([2H])([2H])C([2H])(C)OC([2H])(C)C2([2H])[2H])c1F. The lowest BCUT2D eigenvalue weighted by molar-refractivity contribution is -0.136. The van der Waals surface area contributed by atoms with Gasteiger partial charge in [0.05, 0.1) is 20.4 Å². The molecule has 2 saturated heterocycles. The second-order valence-corrected chi connectivity index (χ2v) is 7.81. The van der Waals surface area contributed by atoms with Crippen molar-refractivity contribution < 1.29 is 45.4 Å². The number of amides is 3. The molecule has 5 rings (SSSR count). The smallest absolute Gasteiger partial charge is 0.255 e. The first-order chi connectivity index (χ1) is 23.2. The van der Waals surface area contributed by atoms with Crippen LogP contribution in [0.25, 0.3) is 0 Å². The van der Waals surface area contributed by atoms with E-state index >= 15 is 4.39 Å². The van der Waals surface area contributed by atoms with E-state index in [0.29, 0.717) is 0 Å². The highest BCUT2D eigenvalue weighted by Gasteiger charge is 2.39. The summed E-state index contributed by atoms with van der Waals surface area (Å²) in [7, 11) is 0. The van der Waals surface area contributed by atoms with Crippen LogP contribution in [0.2, 0.25) is 0 Å². The van der Waals surface area contributed by atoms with Crippen LogP contribution in [0.3, 0.4) is 0 Å². The average Bonchev–Trinajstić information content (AvgIpc) is 3.15. The molecular formula is C27H31FN4O4. The van der Waals surface area contributed by atoms with Crippen LogP contribution in [0, 0.1) is 5.82 Å². The third kappa shape index (κ3) is 4.85. The Kier molecular flexibility index (Phi) is 3.28. The van der Waals surface area contributed by atoms with Gasteiger partial charge in [0.25, 0.3) is 5.91 Å². The molecule has 36 heavy (non-hydrogen) atoms. The fourth-order valence-corrected chi connectivity index (χ4v) is 3.67. The first kappa shape index (κ1) is 11.8. The number of imide groups is 1.